The molecule has 0 radical (unpaired) electrons. The molecule has 12 heavy (non-hydrogen) atoms. The number of hydrogen-bond donors (Lipinski definition) is 0. The van der Waals surface area contributed by atoms with E-state index < -0.39 is 10.8 Å². The number of thiophene rings is 1. The predicted octanol–water partition coefficient (Wildman–Crippen LogP) is 4.09. The summed E-state index contributed by atoms with van der Waals surface area (Å²) in [5.41, 5.74) is 0. The van der Waals surface area contributed by atoms with Crippen molar-refractivity contribution in [3.8, 4) is 0 Å². The molecule has 0 aliphatic heterocycles. The molecule has 1 heterocycles. The number of rotatable bonds is 0. The molecule has 62 valence electrons. The average molecular weight is 308 g/mol. The Labute approximate surface area is 89.5 Å². The summed E-state index contributed by atoms with van der Waals surface area (Å²) in [7, 11) is -0.966. The first-order valence-corrected chi connectivity index (χ1v) is 6.06. The van der Waals surface area contributed by atoms with Gasteiger partial charge in [-0.1, -0.05) is 15.9 Å². The van der Waals surface area contributed by atoms with Gasteiger partial charge in [-0.2, -0.15) is 0 Å². The fourth-order valence-electron chi connectivity index (χ4n) is 1.09. The van der Waals surface area contributed by atoms with Gasteiger partial charge in [-0.15, -0.1) is 0 Å². The second-order valence-electron chi connectivity index (χ2n) is 2.40. The molecular weight excluding hydrogens is 304 g/mol. The standard InChI is InChI=1S/C8H4Br2OS/c9-5-1-2-8-6(3-5)7(10)4-12(8)11/h1-4H. The fourth-order valence-corrected chi connectivity index (χ4v) is 3.44. The molecule has 2 rings (SSSR count). The van der Waals surface area contributed by atoms with E-state index in [1.54, 1.807) is 5.38 Å². The molecule has 4 heteroatoms. The number of benzene rings is 1. The molecule has 1 atom stereocenters. The molecule has 0 fully saturated rings. The van der Waals surface area contributed by atoms with Gasteiger partial charge in [-0.05, 0) is 44.9 Å². The zero-order chi connectivity index (χ0) is 8.72. The molecule has 0 saturated carbocycles. The Balaban J connectivity index is 2.90. The van der Waals surface area contributed by atoms with Crippen molar-refractivity contribution in [2.24, 2.45) is 0 Å². The topological polar surface area (TPSA) is 23.1 Å². The molecule has 0 N–H and O–H groups in total. The van der Waals surface area contributed by atoms with Gasteiger partial charge in [-0.25, -0.2) is 0 Å². The van der Waals surface area contributed by atoms with Crippen LogP contribution in [0.25, 0.3) is 10.1 Å². The Morgan fingerprint density at radius 3 is 2.75 bits per heavy atom. The highest BCUT2D eigenvalue weighted by Gasteiger charge is 2.10. The minimum absolute atomic E-state index is 0.880. The third-order valence-corrected chi connectivity index (χ3v) is 4.32. The van der Waals surface area contributed by atoms with Crippen LogP contribution in [0.2, 0.25) is 0 Å². The highest BCUT2D eigenvalue weighted by atomic mass is 79.9. The van der Waals surface area contributed by atoms with Gasteiger partial charge in [0.15, 0.2) is 10.1 Å². The summed E-state index contributed by atoms with van der Waals surface area (Å²) in [6.45, 7) is 0. The van der Waals surface area contributed by atoms with E-state index in [-0.39, 0.29) is 0 Å². The maximum atomic E-state index is 11.4. The Kier molecular flexibility index (Phi) is 2.25. The van der Waals surface area contributed by atoms with Crippen molar-refractivity contribution >= 4 is 52.7 Å². The maximum Gasteiger partial charge on any atom is 0.180 e. The third-order valence-electron chi connectivity index (χ3n) is 1.63. The van der Waals surface area contributed by atoms with Crippen LogP contribution in [0.5, 0.6) is 0 Å². The summed E-state index contributed by atoms with van der Waals surface area (Å²) in [4.78, 5) is 0. The fraction of sp³-hybridized carbons (Fsp3) is 0. The number of fused-ring (bicyclic) bond motifs is 1. The van der Waals surface area contributed by atoms with E-state index in [2.05, 4.69) is 31.9 Å². The molecule has 2 aromatic rings. The smallest absolute Gasteiger partial charge is 0.180 e. The van der Waals surface area contributed by atoms with Gasteiger partial charge in [0.2, 0.25) is 0 Å². The van der Waals surface area contributed by atoms with Gasteiger partial charge < -0.3 is 4.55 Å². The molecule has 0 aliphatic rings. The van der Waals surface area contributed by atoms with E-state index in [0.717, 1.165) is 19.0 Å². The van der Waals surface area contributed by atoms with Crippen molar-refractivity contribution in [3.63, 3.8) is 0 Å². The van der Waals surface area contributed by atoms with Crippen LogP contribution in [-0.2, 0) is 0 Å². The van der Waals surface area contributed by atoms with E-state index in [1.165, 1.54) is 0 Å². The summed E-state index contributed by atoms with van der Waals surface area (Å²) < 4.78 is 14.2. The average Bonchev–Trinajstić information content (AvgIpc) is 2.28. The van der Waals surface area contributed by atoms with E-state index in [0.29, 0.717) is 0 Å². The maximum absolute atomic E-state index is 11.4. The quantitative estimate of drug-likeness (QED) is 0.672. The van der Waals surface area contributed by atoms with Gasteiger partial charge in [0.25, 0.3) is 0 Å². The van der Waals surface area contributed by atoms with Gasteiger partial charge in [0, 0.05) is 4.47 Å². The Bertz CT molecular complexity index is 436. The minimum atomic E-state index is -0.966. The van der Waals surface area contributed by atoms with Gasteiger partial charge in [0.1, 0.15) is 0 Å². The van der Waals surface area contributed by atoms with Crippen LogP contribution >= 0.6 is 42.6 Å². The van der Waals surface area contributed by atoms with Crippen LogP contribution in [0, 0.1) is 0 Å². The first-order valence-electron chi connectivity index (χ1n) is 3.26. The van der Waals surface area contributed by atoms with Crippen LogP contribution in [0.1, 0.15) is 0 Å². The lowest BCUT2D eigenvalue weighted by Crippen LogP contribution is -1.65. The van der Waals surface area contributed by atoms with Crippen molar-refractivity contribution in [2.75, 3.05) is 0 Å². The molecule has 1 unspecified atom stereocenters. The Morgan fingerprint density at radius 2 is 2.00 bits per heavy atom. The lowest BCUT2D eigenvalue weighted by Gasteiger charge is -1.90. The first kappa shape index (κ1) is 8.69. The van der Waals surface area contributed by atoms with Gasteiger partial charge >= 0.3 is 0 Å². The Morgan fingerprint density at radius 1 is 1.25 bits per heavy atom. The summed E-state index contributed by atoms with van der Waals surface area (Å²) >= 11 is 6.72. The van der Waals surface area contributed by atoms with Crippen molar-refractivity contribution in [3.05, 3.63) is 32.5 Å². The van der Waals surface area contributed by atoms with Crippen LogP contribution in [0.3, 0.4) is 0 Å². The first-order chi connectivity index (χ1) is 5.68. The SMILES string of the molecule is [O-][s+]1cc(Br)c2cc(Br)ccc21. The van der Waals surface area contributed by atoms with Crippen molar-refractivity contribution in [2.45, 2.75) is 0 Å². The molecule has 0 bridgehead atoms. The van der Waals surface area contributed by atoms with Crippen LogP contribution in [-0.4, -0.2) is 4.55 Å². The second-order valence-corrected chi connectivity index (χ2v) is 5.44. The lowest BCUT2D eigenvalue weighted by atomic mass is 10.3. The van der Waals surface area contributed by atoms with E-state index in [4.69, 9.17) is 0 Å². The summed E-state index contributed by atoms with van der Waals surface area (Å²) in [5.74, 6) is 0. The van der Waals surface area contributed by atoms with E-state index in [9.17, 15) is 4.55 Å². The minimum Gasteiger partial charge on any atom is -0.590 e. The predicted molar refractivity (Wildman–Crippen MR) is 58.0 cm³/mol. The monoisotopic (exact) mass is 306 g/mol. The van der Waals surface area contributed by atoms with E-state index in [1.807, 2.05) is 18.2 Å². The highest BCUT2D eigenvalue weighted by molar-refractivity contribution is 9.11. The van der Waals surface area contributed by atoms with Gasteiger partial charge in [-0.3, -0.25) is 0 Å². The largest absolute Gasteiger partial charge is 0.590 e. The normalized spacial score (nSPS) is 12.4. The molecule has 1 nitrogen and oxygen atoms in total. The van der Waals surface area contributed by atoms with Gasteiger partial charge in [0.05, 0.1) is 9.86 Å². The molecule has 1 aromatic heterocycles. The molecule has 0 amide bonds. The Hall–Kier alpha value is 0.1000. The van der Waals surface area contributed by atoms with E-state index >= 15 is 0 Å². The van der Waals surface area contributed by atoms with Crippen molar-refractivity contribution < 1.29 is 4.55 Å². The van der Waals surface area contributed by atoms with Crippen LogP contribution in [0.4, 0.5) is 0 Å². The molecule has 0 saturated heterocycles. The lowest BCUT2D eigenvalue weighted by molar-refractivity contribution is 0.600. The molecule has 0 spiro atoms. The van der Waals surface area contributed by atoms with Crippen molar-refractivity contribution in [1.82, 2.24) is 0 Å². The summed E-state index contributed by atoms with van der Waals surface area (Å²) in [5, 5.41) is 2.72. The number of halogens is 2. The van der Waals surface area contributed by atoms with Crippen LogP contribution in [0.15, 0.2) is 32.5 Å². The highest BCUT2D eigenvalue weighted by Crippen LogP contribution is 2.37. The summed E-state index contributed by atoms with van der Waals surface area (Å²) in [6.07, 6.45) is 0. The molecular formula is C8H4Br2OS. The van der Waals surface area contributed by atoms with Crippen molar-refractivity contribution in [1.29, 1.82) is 0 Å². The zero-order valence-electron chi connectivity index (χ0n) is 5.88. The molecule has 0 aliphatic carbocycles. The zero-order valence-corrected chi connectivity index (χ0v) is 9.87. The van der Waals surface area contributed by atoms with Crippen LogP contribution < -0.4 is 0 Å². The second kappa shape index (κ2) is 3.10. The number of hydrogen-bond acceptors (Lipinski definition) is 1. The summed E-state index contributed by atoms with van der Waals surface area (Å²) in [6, 6.07) is 5.73. The molecule has 1 aromatic carbocycles. The third kappa shape index (κ3) is 1.33.